The van der Waals surface area contributed by atoms with E-state index in [0.29, 0.717) is 0 Å². The Kier molecular flexibility index (Phi) is 3.80. The van der Waals surface area contributed by atoms with E-state index in [1.807, 2.05) is 0 Å². The lowest BCUT2D eigenvalue weighted by Crippen LogP contribution is -2.36. The van der Waals surface area contributed by atoms with Crippen LogP contribution >= 0.6 is 0 Å². The molecule has 1 aliphatic rings. The minimum absolute atomic E-state index is 0.888. The Bertz CT molecular complexity index is 1000. The molecule has 0 aliphatic carbocycles. The second-order valence-electron chi connectivity index (χ2n) is 7.14. The highest BCUT2D eigenvalue weighted by Crippen LogP contribution is 2.36. The first-order valence-electron chi connectivity index (χ1n) is 9.36. The summed E-state index contributed by atoms with van der Waals surface area (Å²) in [7, 11) is 0. The largest absolute Gasteiger partial charge is 0.379 e. The monoisotopic (exact) mass is 329 g/mol. The molecule has 1 fully saturated rings. The molecule has 0 aromatic heterocycles. The number of hydrogen-bond donors (Lipinski definition) is 0. The normalized spacial score (nSPS) is 16.3. The average Bonchev–Trinajstić information content (AvgIpc) is 2.68. The minimum atomic E-state index is 0.888. The lowest BCUT2D eigenvalue weighted by atomic mass is 9.91. The summed E-state index contributed by atoms with van der Waals surface area (Å²) in [5, 5.41) is 8.36. The summed E-state index contributed by atoms with van der Waals surface area (Å²) < 4.78 is 5.45. The van der Waals surface area contributed by atoms with Crippen molar-refractivity contribution in [3.05, 3.63) is 60.2 Å². The molecule has 0 saturated carbocycles. The zero-order valence-electron chi connectivity index (χ0n) is 14.5. The van der Waals surface area contributed by atoms with Gasteiger partial charge in [0.25, 0.3) is 0 Å². The first kappa shape index (κ1) is 15.1. The SMILES string of the molecule is c1cc2ccc3ccc(CCCN4CCOCC4)c4ccc(c1)c2c34. The minimum Gasteiger partial charge on any atom is -0.379 e. The van der Waals surface area contributed by atoms with E-state index in [0.717, 1.165) is 32.7 Å². The summed E-state index contributed by atoms with van der Waals surface area (Å²) in [4.78, 5) is 2.53. The van der Waals surface area contributed by atoms with Gasteiger partial charge in [-0.25, -0.2) is 0 Å². The molecule has 126 valence electrons. The van der Waals surface area contributed by atoms with E-state index in [4.69, 9.17) is 4.74 Å². The van der Waals surface area contributed by atoms with Crippen molar-refractivity contribution in [1.82, 2.24) is 4.90 Å². The van der Waals surface area contributed by atoms with Crippen LogP contribution in [0, 0.1) is 0 Å². The van der Waals surface area contributed by atoms with Gasteiger partial charge in [-0.05, 0) is 57.3 Å². The molecule has 25 heavy (non-hydrogen) atoms. The first-order valence-corrected chi connectivity index (χ1v) is 9.36. The van der Waals surface area contributed by atoms with Crippen LogP contribution in [0.1, 0.15) is 12.0 Å². The average molecular weight is 329 g/mol. The molecule has 4 aromatic carbocycles. The Balaban J connectivity index is 1.50. The van der Waals surface area contributed by atoms with E-state index >= 15 is 0 Å². The van der Waals surface area contributed by atoms with E-state index in [1.54, 1.807) is 0 Å². The molecule has 2 nitrogen and oxygen atoms in total. The van der Waals surface area contributed by atoms with Crippen LogP contribution in [-0.2, 0) is 11.2 Å². The van der Waals surface area contributed by atoms with Crippen molar-refractivity contribution in [3.8, 4) is 0 Å². The summed E-state index contributed by atoms with van der Waals surface area (Å²) in [6.07, 6.45) is 2.36. The summed E-state index contributed by atoms with van der Waals surface area (Å²) in [5.41, 5.74) is 1.49. The predicted octanol–water partition coefficient (Wildman–Crippen LogP) is 4.85. The molecular weight excluding hydrogens is 306 g/mol. The van der Waals surface area contributed by atoms with Gasteiger partial charge in [-0.3, -0.25) is 4.90 Å². The van der Waals surface area contributed by atoms with E-state index < -0.39 is 0 Å². The third-order valence-electron chi connectivity index (χ3n) is 5.64. The summed E-state index contributed by atoms with van der Waals surface area (Å²) in [6, 6.07) is 20.4. The van der Waals surface area contributed by atoms with Gasteiger partial charge in [0, 0.05) is 13.1 Å². The number of nitrogens with zero attached hydrogens (tertiary/aromatic N) is 1. The molecule has 1 heterocycles. The fraction of sp³-hybridized carbons (Fsp3) is 0.304. The third kappa shape index (κ3) is 2.66. The Morgan fingerprint density at radius 1 is 0.760 bits per heavy atom. The smallest absolute Gasteiger partial charge is 0.0594 e. The zero-order chi connectivity index (χ0) is 16.6. The fourth-order valence-electron chi connectivity index (χ4n) is 4.33. The van der Waals surface area contributed by atoms with Crippen molar-refractivity contribution < 1.29 is 4.74 Å². The Morgan fingerprint density at radius 3 is 2.24 bits per heavy atom. The van der Waals surface area contributed by atoms with E-state index in [-0.39, 0.29) is 0 Å². The number of aryl methyl sites for hydroxylation is 1. The molecule has 0 spiro atoms. The molecular formula is C23H23NO. The van der Waals surface area contributed by atoms with Gasteiger partial charge in [0.1, 0.15) is 0 Å². The van der Waals surface area contributed by atoms with Crippen LogP contribution in [0.4, 0.5) is 0 Å². The number of morpholine rings is 1. The van der Waals surface area contributed by atoms with E-state index in [2.05, 4.69) is 59.5 Å². The maximum absolute atomic E-state index is 5.45. The van der Waals surface area contributed by atoms with Gasteiger partial charge in [-0.15, -0.1) is 0 Å². The van der Waals surface area contributed by atoms with Gasteiger partial charge in [0.2, 0.25) is 0 Å². The molecule has 0 bridgehead atoms. The summed E-state index contributed by atoms with van der Waals surface area (Å²) in [5.74, 6) is 0. The third-order valence-corrected chi connectivity index (χ3v) is 5.64. The molecule has 1 aliphatic heterocycles. The van der Waals surface area contributed by atoms with E-state index in [9.17, 15) is 0 Å². The second kappa shape index (κ2) is 6.29. The maximum Gasteiger partial charge on any atom is 0.0594 e. The Morgan fingerprint density at radius 2 is 1.44 bits per heavy atom. The van der Waals surface area contributed by atoms with Crippen LogP contribution in [-0.4, -0.2) is 37.7 Å². The van der Waals surface area contributed by atoms with Crippen molar-refractivity contribution in [2.45, 2.75) is 12.8 Å². The molecule has 0 radical (unpaired) electrons. The molecule has 5 rings (SSSR count). The number of rotatable bonds is 4. The number of benzene rings is 4. The molecule has 0 N–H and O–H groups in total. The van der Waals surface area contributed by atoms with Crippen molar-refractivity contribution >= 4 is 32.3 Å². The van der Waals surface area contributed by atoms with Crippen LogP contribution in [0.15, 0.2) is 54.6 Å². The van der Waals surface area contributed by atoms with Gasteiger partial charge in [-0.1, -0.05) is 54.6 Å². The summed E-state index contributed by atoms with van der Waals surface area (Å²) >= 11 is 0. The number of hydrogen-bond acceptors (Lipinski definition) is 2. The standard InChI is InChI=1S/C23H23NO/c1-3-18-8-9-20-7-6-17(5-2-12-24-13-15-25-16-14-24)21-11-10-19(4-1)22(18)23(20)21/h1,3-4,6-11H,2,5,12-16H2. The second-order valence-corrected chi connectivity index (χ2v) is 7.14. The molecule has 0 atom stereocenters. The van der Waals surface area contributed by atoms with Crippen LogP contribution in [0.25, 0.3) is 32.3 Å². The highest BCUT2D eigenvalue weighted by molar-refractivity contribution is 6.23. The quantitative estimate of drug-likeness (QED) is 0.496. The zero-order valence-corrected chi connectivity index (χ0v) is 14.5. The van der Waals surface area contributed by atoms with Crippen molar-refractivity contribution in [3.63, 3.8) is 0 Å². The van der Waals surface area contributed by atoms with Crippen LogP contribution in [0.5, 0.6) is 0 Å². The topological polar surface area (TPSA) is 12.5 Å². The Hall–Kier alpha value is -2.16. The molecule has 4 aromatic rings. The van der Waals surface area contributed by atoms with Crippen molar-refractivity contribution in [2.75, 3.05) is 32.8 Å². The van der Waals surface area contributed by atoms with Crippen LogP contribution in [0.2, 0.25) is 0 Å². The highest BCUT2D eigenvalue weighted by Gasteiger charge is 2.12. The Labute approximate surface area is 148 Å². The predicted molar refractivity (Wildman–Crippen MR) is 106 cm³/mol. The van der Waals surface area contributed by atoms with Gasteiger partial charge in [-0.2, -0.15) is 0 Å². The van der Waals surface area contributed by atoms with Gasteiger partial charge in [0.15, 0.2) is 0 Å². The highest BCUT2D eigenvalue weighted by atomic mass is 16.5. The molecule has 0 unspecified atom stereocenters. The molecule has 0 amide bonds. The first-order chi connectivity index (χ1) is 12.4. The van der Waals surface area contributed by atoms with Gasteiger partial charge >= 0.3 is 0 Å². The fourth-order valence-corrected chi connectivity index (χ4v) is 4.33. The lowest BCUT2D eigenvalue weighted by molar-refractivity contribution is 0.0375. The lowest BCUT2D eigenvalue weighted by Gasteiger charge is -2.26. The van der Waals surface area contributed by atoms with E-state index in [1.165, 1.54) is 50.8 Å². The van der Waals surface area contributed by atoms with Crippen LogP contribution < -0.4 is 0 Å². The molecule has 1 saturated heterocycles. The van der Waals surface area contributed by atoms with Crippen molar-refractivity contribution in [2.24, 2.45) is 0 Å². The van der Waals surface area contributed by atoms with Gasteiger partial charge < -0.3 is 4.74 Å². The molecule has 2 heteroatoms. The maximum atomic E-state index is 5.45. The van der Waals surface area contributed by atoms with Crippen LogP contribution in [0.3, 0.4) is 0 Å². The van der Waals surface area contributed by atoms with Crippen molar-refractivity contribution in [1.29, 1.82) is 0 Å². The number of ether oxygens (including phenoxy) is 1. The van der Waals surface area contributed by atoms with Gasteiger partial charge in [0.05, 0.1) is 13.2 Å². The summed E-state index contributed by atoms with van der Waals surface area (Å²) in [6.45, 7) is 5.11.